The predicted molar refractivity (Wildman–Crippen MR) is 125 cm³/mol. The highest BCUT2D eigenvalue weighted by Gasteiger charge is 2.31. The van der Waals surface area contributed by atoms with Crippen LogP contribution < -0.4 is 14.4 Å². The summed E-state index contributed by atoms with van der Waals surface area (Å²) in [5.41, 5.74) is 1.68. The first-order valence-electron chi connectivity index (χ1n) is 9.98. The standard InChI is InChI=1S/C23H21N5O4S/c1-16-10-11-18(14-26-16)27-21(29)15-28(19-8-5-13-25-23(19)32-2)33(30,31)20-9-3-6-17-7-4-12-24-22(17)20/h3-14H,15H2,1-2H3,(H,27,29). The number of anilines is 2. The smallest absolute Gasteiger partial charge is 0.267 e. The molecule has 0 saturated heterocycles. The molecule has 0 fully saturated rings. The monoisotopic (exact) mass is 463 g/mol. The van der Waals surface area contributed by atoms with Crippen molar-refractivity contribution < 1.29 is 17.9 Å². The van der Waals surface area contributed by atoms with Gasteiger partial charge in [-0.1, -0.05) is 18.2 Å². The van der Waals surface area contributed by atoms with Crippen LogP contribution in [0.2, 0.25) is 0 Å². The maximum atomic E-state index is 13.9. The van der Waals surface area contributed by atoms with Crippen LogP contribution in [0.15, 0.2) is 78.1 Å². The van der Waals surface area contributed by atoms with Crippen LogP contribution in [-0.2, 0) is 14.8 Å². The van der Waals surface area contributed by atoms with Crippen molar-refractivity contribution in [1.82, 2.24) is 15.0 Å². The lowest BCUT2D eigenvalue weighted by molar-refractivity contribution is -0.114. The van der Waals surface area contributed by atoms with Crippen LogP contribution in [0.4, 0.5) is 11.4 Å². The number of nitrogens with one attached hydrogen (secondary N) is 1. The van der Waals surface area contributed by atoms with Gasteiger partial charge in [0.05, 0.1) is 24.5 Å². The largest absolute Gasteiger partial charge is 0.479 e. The van der Waals surface area contributed by atoms with E-state index in [1.807, 2.05) is 6.92 Å². The summed E-state index contributed by atoms with van der Waals surface area (Å²) in [5, 5.41) is 3.34. The first-order chi connectivity index (χ1) is 15.9. The van der Waals surface area contributed by atoms with E-state index >= 15 is 0 Å². The molecule has 4 aromatic rings. The minimum Gasteiger partial charge on any atom is -0.479 e. The molecule has 0 unspecified atom stereocenters. The molecule has 3 heterocycles. The van der Waals surface area contributed by atoms with Crippen molar-refractivity contribution in [2.75, 3.05) is 23.3 Å². The van der Waals surface area contributed by atoms with Crippen molar-refractivity contribution >= 4 is 38.2 Å². The molecule has 0 bridgehead atoms. The van der Waals surface area contributed by atoms with Crippen LogP contribution in [0.3, 0.4) is 0 Å². The number of pyridine rings is 3. The van der Waals surface area contributed by atoms with E-state index in [-0.39, 0.29) is 16.5 Å². The molecule has 0 aliphatic heterocycles. The van der Waals surface area contributed by atoms with Crippen molar-refractivity contribution in [3.05, 3.63) is 78.9 Å². The molecule has 33 heavy (non-hydrogen) atoms. The second kappa shape index (κ2) is 9.21. The van der Waals surface area contributed by atoms with Gasteiger partial charge in [-0.3, -0.25) is 19.1 Å². The second-order valence-corrected chi connectivity index (χ2v) is 8.94. The maximum Gasteiger partial charge on any atom is 0.267 e. The third-order valence-electron chi connectivity index (χ3n) is 4.86. The van der Waals surface area contributed by atoms with Crippen molar-refractivity contribution in [2.45, 2.75) is 11.8 Å². The molecule has 1 amide bonds. The summed E-state index contributed by atoms with van der Waals surface area (Å²) >= 11 is 0. The van der Waals surface area contributed by atoms with Gasteiger partial charge in [0.25, 0.3) is 10.0 Å². The third-order valence-corrected chi connectivity index (χ3v) is 6.65. The fraction of sp³-hybridized carbons (Fsp3) is 0.130. The Kier molecular flexibility index (Phi) is 6.18. The highest BCUT2D eigenvalue weighted by Crippen LogP contribution is 2.32. The van der Waals surface area contributed by atoms with Gasteiger partial charge in [0.15, 0.2) is 0 Å². The van der Waals surface area contributed by atoms with Crippen LogP contribution in [0.25, 0.3) is 10.9 Å². The van der Waals surface area contributed by atoms with E-state index < -0.39 is 22.5 Å². The third kappa shape index (κ3) is 4.60. The number of carbonyl (C=O) groups is 1. The average Bonchev–Trinajstić information content (AvgIpc) is 2.83. The Morgan fingerprint density at radius 1 is 1.00 bits per heavy atom. The molecule has 4 rings (SSSR count). The number of fused-ring (bicyclic) bond motifs is 1. The van der Waals surface area contributed by atoms with E-state index in [4.69, 9.17) is 4.74 Å². The van der Waals surface area contributed by atoms with E-state index in [0.717, 1.165) is 10.00 Å². The number of aromatic nitrogens is 3. The van der Waals surface area contributed by atoms with Crippen LogP contribution in [0.5, 0.6) is 5.88 Å². The maximum absolute atomic E-state index is 13.9. The first-order valence-corrected chi connectivity index (χ1v) is 11.4. The first kappa shape index (κ1) is 22.2. The second-order valence-electron chi connectivity index (χ2n) is 7.11. The van der Waals surface area contributed by atoms with Crippen molar-refractivity contribution in [2.24, 2.45) is 0 Å². The van der Waals surface area contributed by atoms with Gasteiger partial charge in [0, 0.05) is 23.5 Å². The van der Waals surface area contributed by atoms with Gasteiger partial charge < -0.3 is 10.1 Å². The van der Waals surface area contributed by atoms with Crippen LogP contribution in [-0.4, -0.2) is 42.9 Å². The number of hydrogen-bond donors (Lipinski definition) is 1. The van der Waals surface area contributed by atoms with Gasteiger partial charge in [0.1, 0.15) is 17.1 Å². The van der Waals surface area contributed by atoms with Gasteiger partial charge in [-0.15, -0.1) is 0 Å². The highest BCUT2D eigenvalue weighted by atomic mass is 32.2. The topological polar surface area (TPSA) is 114 Å². The number of para-hydroxylation sites is 1. The number of rotatable bonds is 7. The average molecular weight is 464 g/mol. The van der Waals surface area contributed by atoms with E-state index in [2.05, 4.69) is 20.3 Å². The SMILES string of the molecule is COc1ncccc1N(CC(=O)Nc1ccc(C)nc1)S(=O)(=O)c1cccc2cccnc12. The summed E-state index contributed by atoms with van der Waals surface area (Å²) in [6.07, 6.45) is 4.50. The van der Waals surface area contributed by atoms with Crippen molar-refractivity contribution in [3.8, 4) is 5.88 Å². The highest BCUT2D eigenvalue weighted by molar-refractivity contribution is 7.93. The summed E-state index contributed by atoms with van der Waals surface area (Å²) in [7, 11) is -2.85. The molecule has 0 spiro atoms. The summed E-state index contributed by atoms with van der Waals surface area (Å²) < 4.78 is 34.0. The normalized spacial score (nSPS) is 11.2. The fourth-order valence-corrected chi connectivity index (χ4v) is 4.89. The number of ether oxygens (including phenoxy) is 1. The van der Waals surface area contributed by atoms with Crippen molar-refractivity contribution in [1.29, 1.82) is 0 Å². The van der Waals surface area contributed by atoms with E-state index in [9.17, 15) is 13.2 Å². The molecule has 0 aliphatic rings. The number of amides is 1. The van der Waals surface area contributed by atoms with Crippen LogP contribution in [0.1, 0.15) is 5.69 Å². The Labute approximate surface area is 191 Å². The Bertz CT molecular complexity index is 1400. The lowest BCUT2D eigenvalue weighted by atomic mass is 10.2. The molecule has 9 nitrogen and oxygen atoms in total. The number of methoxy groups -OCH3 is 1. The number of sulfonamides is 1. The number of hydrogen-bond acceptors (Lipinski definition) is 7. The van der Waals surface area contributed by atoms with Gasteiger partial charge in [0.2, 0.25) is 11.8 Å². The molecule has 3 aromatic heterocycles. The molecular formula is C23H21N5O4S. The molecule has 0 aliphatic carbocycles. The number of benzene rings is 1. The Balaban J connectivity index is 1.78. The molecular weight excluding hydrogens is 442 g/mol. The zero-order valence-corrected chi connectivity index (χ0v) is 18.8. The van der Waals surface area contributed by atoms with Crippen LogP contribution >= 0.6 is 0 Å². The van der Waals surface area contributed by atoms with Crippen LogP contribution in [0, 0.1) is 6.92 Å². The Hall–Kier alpha value is -4.05. The fourth-order valence-electron chi connectivity index (χ4n) is 3.30. The minimum atomic E-state index is -4.23. The van der Waals surface area contributed by atoms with E-state index in [0.29, 0.717) is 16.6 Å². The molecule has 0 radical (unpaired) electrons. The van der Waals surface area contributed by atoms with Gasteiger partial charge in [-0.05, 0) is 43.3 Å². The van der Waals surface area contributed by atoms with Crippen molar-refractivity contribution in [3.63, 3.8) is 0 Å². The number of nitrogens with zero attached hydrogens (tertiary/aromatic N) is 4. The van der Waals surface area contributed by atoms with Gasteiger partial charge in [-0.25, -0.2) is 13.4 Å². The summed E-state index contributed by atoms with van der Waals surface area (Å²) in [5.74, 6) is -0.484. The number of carbonyl (C=O) groups excluding carboxylic acids is 1. The zero-order chi connectivity index (χ0) is 23.4. The van der Waals surface area contributed by atoms with E-state index in [1.54, 1.807) is 42.5 Å². The van der Waals surface area contributed by atoms with Gasteiger partial charge >= 0.3 is 0 Å². The van der Waals surface area contributed by atoms with Gasteiger partial charge in [-0.2, -0.15) is 0 Å². The molecule has 0 saturated carbocycles. The molecule has 1 aromatic carbocycles. The minimum absolute atomic E-state index is 0.0312. The number of aryl methyl sites for hydroxylation is 1. The summed E-state index contributed by atoms with van der Waals surface area (Å²) in [4.78, 5) is 25.4. The molecule has 0 atom stereocenters. The zero-order valence-electron chi connectivity index (χ0n) is 18.0. The lowest BCUT2D eigenvalue weighted by Gasteiger charge is -2.25. The quantitative estimate of drug-likeness (QED) is 0.448. The summed E-state index contributed by atoms with van der Waals surface area (Å²) in [6, 6.07) is 14.9. The molecule has 10 heteroatoms. The Morgan fingerprint density at radius 2 is 1.76 bits per heavy atom. The van der Waals surface area contributed by atoms with E-state index in [1.165, 1.54) is 37.8 Å². The molecule has 1 N–H and O–H groups in total. The predicted octanol–water partition coefficient (Wildman–Crippen LogP) is 3.18. The molecule has 168 valence electrons. The Morgan fingerprint density at radius 3 is 2.52 bits per heavy atom. The summed E-state index contributed by atoms with van der Waals surface area (Å²) in [6.45, 7) is 1.31. The lowest BCUT2D eigenvalue weighted by Crippen LogP contribution is -2.38.